The third kappa shape index (κ3) is 6.95. The predicted molar refractivity (Wildman–Crippen MR) is 62.7 cm³/mol. The Hall–Kier alpha value is -0.510. The van der Waals surface area contributed by atoms with Gasteiger partial charge in [0.05, 0.1) is 11.3 Å². The fraction of sp³-hybridized carbons (Fsp3) is 0.800. The number of Topliss-reactive ketones (excluding diaryl/α,β-unsaturated/α-hetero) is 1. The highest BCUT2D eigenvalue weighted by Crippen LogP contribution is 2.00. The molecule has 0 saturated heterocycles. The first-order valence-electron chi connectivity index (χ1n) is 4.98. The first-order valence-corrected chi connectivity index (χ1v) is 5.49. The smallest absolute Gasteiger partial charge is 0.233 e. The van der Waals surface area contributed by atoms with E-state index in [4.69, 9.17) is 0 Å². The highest BCUT2D eigenvalue weighted by Gasteiger charge is 2.15. The first kappa shape index (κ1) is 15.9. The highest BCUT2D eigenvalue weighted by atomic mass is 32.1. The number of hydrogen-bond donors (Lipinski definition) is 2. The zero-order valence-electron chi connectivity index (χ0n) is 9.63. The molecule has 0 aromatic rings. The molecular formula is C10H21NO2S. The van der Waals surface area contributed by atoms with Gasteiger partial charge in [-0.25, -0.2) is 0 Å². The van der Waals surface area contributed by atoms with E-state index >= 15 is 0 Å². The zero-order valence-corrected chi connectivity index (χ0v) is 10.5. The third-order valence-electron chi connectivity index (χ3n) is 1.66. The molecule has 0 aromatic carbocycles. The Labute approximate surface area is 92.1 Å². The second kappa shape index (κ2) is 9.06. The molecule has 0 fully saturated rings. The molecule has 4 heteroatoms. The molecule has 0 aliphatic heterocycles. The summed E-state index contributed by atoms with van der Waals surface area (Å²) in [6.45, 7) is 8.98. The Morgan fingerprint density at radius 1 is 1.36 bits per heavy atom. The number of amides is 1. The Morgan fingerprint density at radius 2 is 1.79 bits per heavy atom. The topological polar surface area (TPSA) is 46.2 Å². The molecule has 0 saturated carbocycles. The molecule has 84 valence electrons. The van der Waals surface area contributed by atoms with Gasteiger partial charge in [0.1, 0.15) is 0 Å². The predicted octanol–water partition coefficient (Wildman–Crippen LogP) is 1.81. The molecule has 14 heavy (non-hydrogen) atoms. The van der Waals surface area contributed by atoms with Crippen molar-refractivity contribution in [3.05, 3.63) is 0 Å². The Morgan fingerprint density at radius 3 is 2.07 bits per heavy atom. The lowest BCUT2D eigenvalue weighted by atomic mass is 10.2. The second-order valence-corrected chi connectivity index (χ2v) is 3.39. The minimum absolute atomic E-state index is 0.0417. The number of rotatable bonds is 4. The lowest BCUT2D eigenvalue weighted by molar-refractivity contribution is -0.126. The average molecular weight is 219 g/mol. The van der Waals surface area contributed by atoms with E-state index in [1.807, 2.05) is 20.8 Å². The van der Waals surface area contributed by atoms with Crippen molar-refractivity contribution >= 4 is 24.3 Å². The SMILES string of the molecule is CC.CCC(S)C(=O)NC(C)C(C)=O. The van der Waals surface area contributed by atoms with Gasteiger partial charge in [-0.3, -0.25) is 9.59 Å². The van der Waals surface area contributed by atoms with Gasteiger partial charge in [-0.05, 0) is 20.3 Å². The van der Waals surface area contributed by atoms with Crippen molar-refractivity contribution in [3.63, 3.8) is 0 Å². The molecule has 3 nitrogen and oxygen atoms in total. The summed E-state index contributed by atoms with van der Waals surface area (Å²) in [6, 6.07) is -0.404. The molecule has 1 N–H and O–H groups in total. The van der Waals surface area contributed by atoms with Crippen LogP contribution in [0, 0.1) is 0 Å². The van der Waals surface area contributed by atoms with Crippen LogP contribution in [-0.4, -0.2) is 23.0 Å². The molecule has 2 unspecified atom stereocenters. The van der Waals surface area contributed by atoms with Gasteiger partial charge in [0.15, 0.2) is 5.78 Å². The summed E-state index contributed by atoms with van der Waals surface area (Å²) in [5, 5.41) is 2.25. The van der Waals surface area contributed by atoms with Crippen molar-refractivity contribution in [1.29, 1.82) is 0 Å². The standard InChI is InChI=1S/C8H15NO2S.C2H6/c1-4-7(12)8(11)9-5(2)6(3)10;1-2/h5,7,12H,4H2,1-3H3,(H,9,11);1-2H3. The van der Waals surface area contributed by atoms with E-state index in [-0.39, 0.29) is 16.9 Å². The van der Waals surface area contributed by atoms with Crippen LogP contribution in [0.1, 0.15) is 41.0 Å². The molecule has 0 aromatic heterocycles. The Balaban J connectivity index is 0. The minimum atomic E-state index is -0.404. The molecule has 0 rings (SSSR count). The molecule has 1 amide bonds. The molecule has 0 spiro atoms. The fourth-order valence-electron chi connectivity index (χ4n) is 0.597. The largest absolute Gasteiger partial charge is 0.346 e. The second-order valence-electron chi connectivity index (χ2n) is 2.76. The van der Waals surface area contributed by atoms with Crippen LogP contribution in [-0.2, 0) is 9.59 Å². The Kier molecular flexibility index (Phi) is 10.3. The van der Waals surface area contributed by atoms with Crippen LogP contribution in [0.3, 0.4) is 0 Å². The summed E-state index contributed by atoms with van der Waals surface area (Å²) in [5.41, 5.74) is 0. The summed E-state index contributed by atoms with van der Waals surface area (Å²) >= 11 is 4.04. The summed E-state index contributed by atoms with van der Waals surface area (Å²) in [5.74, 6) is -0.219. The number of carbonyl (C=O) groups excluding carboxylic acids is 2. The average Bonchev–Trinajstić information content (AvgIpc) is 2.19. The van der Waals surface area contributed by atoms with Gasteiger partial charge >= 0.3 is 0 Å². The summed E-state index contributed by atoms with van der Waals surface area (Å²) < 4.78 is 0. The van der Waals surface area contributed by atoms with Crippen LogP contribution < -0.4 is 5.32 Å². The molecule has 0 bridgehead atoms. The van der Waals surface area contributed by atoms with Gasteiger partial charge in [-0.1, -0.05) is 20.8 Å². The van der Waals surface area contributed by atoms with Crippen LogP contribution in [0.25, 0.3) is 0 Å². The van der Waals surface area contributed by atoms with Crippen molar-refractivity contribution in [2.24, 2.45) is 0 Å². The molecule has 0 heterocycles. The molecular weight excluding hydrogens is 198 g/mol. The minimum Gasteiger partial charge on any atom is -0.346 e. The quantitative estimate of drug-likeness (QED) is 0.708. The number of ketones is 1. The number of nitrogens with one attached hydrogen (secondary N) is 1. The van der Waals surface area contributed by atoms with E-state index in [1.165, 1.54) is 6.92 Å². The lowest BCUT2D eigenvalue weighted by Gasteiger charge is -2.13. The van der Waals surface area contributed by atoms with E-state index < -0.39 is 6.04 Å². The van der Waals surface area contributed by atoms with Gasteiger partial charge in [0.25, 0.3) is 0 Å². The summed E-state index contributed by atoms with van der Waals surface area (Å²) in [7, 11) is 0. The van der Waals surface area contributed by atoms with Crippen LogP contribution in [0.2, 0.25) is 0 Å². The van der Waals surface area contributed by atoms with Crippen molar-refractivity contribution in [2.75, 3.05) is 0 Å². The zero-order chi connectivity index (χ0) is 11.7. The van der Waals surface area contributed by atoms with Crippen LogP contribution >= 0.6 is 12.6 Å². The number of thiol groups is 1. The maximum atomic E-state index is 11.1. The maximum absolute atomic E-state index is 11.1. The van der Waals surface area contributed by atoms with Crippen molar-refractivity contribution in [1.82, 2.24) is 5.32 Å². The van der Waals surface area contributed by atoms with Gasteiger partial charge in [-0.15, -0.1) is 0 Å². The van der Waals surface area contributed by atoms with Gasteiger partial charge in [0.2, 0.25) is 5.91 Å². The van der Waals surface area contributed by atoms with E-state index in [0.29, 0.717) is 6.42 Å². The monoisotopic (exact) mass is 219 g/mol. The summed E-state index contributed by atoms with van der Waals surface area (Å²) in [4.78, 5) is 21.9. The summed E-state index contributed by atoms with van der Waals surface area (Å²) in [6.07, 6.45) is 0.666. The van der Waals surface area contributed by atoms with E-state index in [0.717, 1.165) is 0 Å². The van der Waals surface area contributed by atoms with Gasteiger partial charge < -0.3 is 5.32 Å². The highest BCUT2D eigenvalue weighted by molar-refractivity contribution is 7.81. The molecule has 2 atom stereocenters. The van der Waals surface area contributed by atoms with Crippen molar-refractivity contribution in [2.45, 2.75) is 52.3 Å². The van der Waals surface area contributed by atoms with Crippen LogP contribution in [0.4, 0.5) is 0 Å². The molecule has 0 aliphatic rings. The fourth-order valence-corrected chi connectivity index (χ4v) is 0.671. The van der Waals surface area contributed by atoms with E-state index in [2.05, 4.69) is 17.9 Å². The van der Waals surface area contributed by atoms with E-state index in [1.54, 1.807) is 6.92 Å². The van der Waals surface area contributed by atoms with Crippen molar-refractivity contribution < 1.29 is 9.59 Å². The maximum Gasteiger partial charge on any atom is 0.233 e. The number of hydrogen-bond acceptors (Lipinski definition) is 3. The van der Waals surface area contributed by atoms with Gasteiger partial charge in [0, 0.05) is 0 Å². The Bertz CT molecular complexity index is 183. The number of carbonyl (C=O) groups is 2. The lowest BCUT2D eigenvalue weighted by Crippen LogP contribution is -2.41. The molecule has 0 aliphatic carbocycles. The van der Waals surface area contributed by atoms with E-state index in [9.17, 15) is 9.59 Å². The van der Waals surface area contributed by atoms with Gasteiger partial charge in [-0.2, -0.15) is 12.6 Å². The third-order valence-corrected chi connectivity index (χ3v) is 2.26. The van der Waals surface area contributed by atoms with Crippen LogP contribution in [0.15, 0.2) is 0 Å². The normalized spacial score (nSPS) is 13.3. The van der Waals surface area contributed by atoms with Crippen LogP contribution in [0.5, 0.6) is 0 Å². The molecule has 0 radical (unpaired) electrons. The van der Waals surface area contributed by atoms with Crippen molar-refractivity contribution in [3.8, 4) is 0 Å². The first-order chi connectivity index (χ1) is 6.49.